The molecule has 166 valence electrons. The van der Waals surface area contributed by atoms with Gasteiger partial charge in [0.2, 0.25) is 0 Å². The molecule has 0 spiro atoms. The predicted molar refractivity (Wildman–Crippen MR) is 133 cm³/mol. The monoisotopic (exact) mass is 466 g/mol. The molecule has 3 aromatic rings. The van der Waals surface area contributed by atoms with Gasteiger partial charge in [0.05, 0.1) is 16.2 Å². The Morgan fingerprint density at radius 1 is 1.00 bits per heavy atom. The van der Waals surface area contributed by atoms with E-state index in [-0.39, 0.29) is 16.2 Å². The van der Waals surface area contributed by atoms with Crippen molar-refractivity contribution in [3.63, 3.8) is 0 Å². The van der Waals surface area contributed by atoms with E-state index in [0.29, 0.717) is 22.5 Å². The van der Waals surface area contributed by atoms with Gasteiger partial charge in [-0.2, -0.15) is 0 Å². The van der Waals surface area contributed by atoms with E-state index < -0.39 is 10.0 Å². The van der Waals surface area contributed by atoms with Crippen molar-refractivity contribution in [1.82, 2.24) is 0 Å². The van der Waals surface area contributed by atoms with Gasteiger partial charge >= 0.3 is 0 Å². The van der Waals surface area contributed by atoms with Crippen molar-refractivity contribution in [3.8, 4) is 0 Å². The van der Waals surface area contributed by atoms with Crippen molar-refractivity contribution in [2.75, 3.05) is 16.7 Å². The van der Waals surface area contributed by atoms with Gasteiger partial charge in [0, 0.05) is 28.1 Å². The van der Waals surface area contributed by atoms with Gasteiger partial charge in [0.1, 0.15) is 0 Å². The average molecular weight is 467 g/mol. The highest BCUT2D eigenvalue weighted by Crippen LogP contribution is 2.39. The smallest absolute Gasteiger partial charge is 0.261 e. The van der Waals surface area contributed by atoms with Crippen molar-refractivity contribution in [1.29, 1.82) is 0 Å². The molecule has 0 unspecified atom stereocenters. The summed E-state index contributed by atoms with van der Waals surface area (Å²) in [5.74, 6) is -0.147. The summed E-state index contributed by atoms with van der Waals surface area (Å²) < 4.78 is 28.8. The number of hydrogen-bond acceptors (Lipinski definition) is 4. The lowest BCUT2D eigenvalue weighted by atomic mass is 9.87. The molecule has 32 heavy (non-hydrogen) atoms. The van der Waals surface area contributed by atoms with Crippen LogP contribution in [-0.4, -0.2) is 21.4 Å². The molecule has 0 atom stereocenters. The number of rotatable bonds is 4. The van der Waals surface area contributed by atoms with Crippen LogP contribution >= 0.6 is 11.3 Å². The second kappa shape index (κ2) is 7.90. The molecule has 2 heterocycles. The molecule has 0 saturated heterocycles. The molecule has 0 saturated carbocycles. The molecular formula is C25H26N2O3S2. The van der Waals surface area contributed by atoms with Crippen LogP contribution in [0.1, 0.15) is 41.7 Å². The normalized spacial score (nSPS) is 15.3. The first-order valence-corrected chi connectivity index (χ1v) is 12.6. The number of thiophene rings is 1. The maximum Gasteiger partial charge on any atom is 0.261 e. The average Bonchev–Trinajstić information content (AvgIpc) is 3.24. The maximum absolute atomic E-state index is 13.1. The van der Waals surface area contributed by atoms with Crippen molar-refractivity contribution in [2.45, 2.75) is 38.0 Å². The third-order valence-corrected chi connectivity index (χ3v) is 7.84. The topological polar surface area (TPSA) is 66.5 Å². The number of benzene rings is 2. The van der Waals surface area contributed by atoms with E-state index in [1.807, 2.05) is 37.3 Å². The minimum atomic E-state index is -3.81. The molecule has 1 aliphatic rings. The minimum absolute atomic E-state index is 0.0141. The number of hydrogen-bond donors (Lipinski definition) is 1. The second-order valence-corrected chi connectivity index (χ2v) is 12.0. The van der Waals surface area contributed by atoms with Gasteiger partial charge in [-0.3, -0.25) is 9.52 Å². The van der Waals surface area contributed by atoms with Crippen LogP contribution in [0.5, 0.6) is 0 Å². The molecule has 0 fully saturated rings. The zero-order valence-electron chi connectivity index (χ0n) is 18.8. The summed E-state index contributed by atoms with van der Waals surface area (Å²) in [5.41, 5.74) is 3.42. The quantitative estimate of drug-likeness (QED) is 0.504. The van der Waals surface area contributed by atoms with E-state index in [1.165, 1.54) is 6.07 Å². The van der Waals surface area contributed by atoms with Gasteiger partial charge in [-0.25, -0.2) is 8.42 Å². The standard InChI is InChI=1S/C25H26N2O3S2/c1-16-6-11-19(31-16)14-22-21-15-20(12-13-23(21)27(5)24(22)28)32(29,30)26-18-9-7-17(8-10-18)25(2,3)4/h6-15,26H,1-5H3/b22-14-. The Hall–Kier alpha value is -2.90. The third-order valence-electron chi connectivity index (χ3n) is 5.52. The van der Waals surface area contributed by atoms with Gasteiger partial charge in [-0.05, 0) is 66.4 Å². The first kappa shape index (κ1) is 22.3. The van der Waals surface area contributed by atoms with E-state index in [9.17, 15) is 13.2 Å². The minimum Gasteiger partial charge on any atom is -0.311 e. The molecule has 4 rings (SSSR count). The zero-order valence-corrected chi connectivity index (χ0v) is 20.4. The fourth-order valence-corrected chi connectivity index (χ4v) is 5.57. The Bertz CT molecular complexity index is 1330. The van der Waals surface area contributed by atoms with Gasteiger partial charge in [0.15, 0.2) is 0 Å². The number of carbonyl (C=O) groups is 1. The number of anilines is 2. The lowest BCUT2D eigenvalue weighted by Crippen LogP contribution is -2.20. The van der Waals surface area contributed by atoms with Crippen LogP contribution in [-0.2, 0) is 20.2 Å². The number of aryl methyl sites for hydroxylation is 1. The van der Waals surface area contributed by atoms with Crippen LogP contribution in [0.3, 0.4) is 0 Å². The third kappa shape index (κ3) is 4.23. The number of sulfonamides is 1. The van der Waals surface area contributed by atoms with Crippen molar-refractivity contribution in [3.05, 3.63) is 75.5 Å². The van der Waals surface area contributed by atoms with Gasteiger partial charge in [0.25, 0.3) is 15.9 Å². The van der Waals surface area contributed by atoms with Crippen LogP contribution in [0, 0.1) is 6.92 Å². The molecule has 2 aromatic carbocycles. The molecule has 1 N–H and O–H groups in total. The van der Waals surface area contributed by atoms with E-state index in [0.717, 1.165) is 15.3 Å². The highest BCUT2D eigenvalue weighted by molar-refractivity contribution is 7.92. The molecule has 1 aliphatic heterocycles. The summed E-state index contributed by atoms with van der Waals surface area (Å²) in [5, 5.41) is 0. The lowest BCUT2D eigenvalue weighted by Gasteiger charge is -2.19. The molecule has 0 radical (unpaired) electrons. The largest absolute Gasteiger partial charge is 0.311 e. The summed E-state index contributed by atoms with van der Waals surface area (Å²) in [6.07, 6.45) is 1.83. The van der Waals surface area contributed by atoms with Gasteiger partial charge < -0.3 is 4.90 Å². The summed E-state index contributed by atoms with van der Waals surface area (Å²) in [4.78, 5) is 16.6. The van der Waals surface area contributed by atoms with Crippen molar-refractivity contribution >= 4 is 50.3 Å². The van der Waals surface area contributed by atoms with E-state index in [1.54, 1.807) is 47.5 Å². The fourth-order valence-electron chi connectivity index (χ4n) is 3.66. The van der Waals surface area contributed by atoms with E-state index in [4.69, 9.17) is 0 Å². The Morgan fingerprint density at radius 2 is 1.69 bits per heavy atom. The Balaban J connectivity index is 1.68. The highest BCUT2D eigenvalue weighted by Gasteiger charge is 2.31. The number of carbonyl (C=O) groups excluding carboxylic acids is 1. The first-order valence-electron chi connectivity index (χ1n) is 10.3. The van der Waals surface area contributed by atoms with E-state index in [2.05, 4.69) is 25.5 Å². The summed E-state index contributed by atoms with van der Waals surface area (Å²) in [6, 6.07) is 16.2. The Labute approximate surface area is 193 Å². The second-order valence-electron chi connectivity index (χ2n) is 8.98. The molecule has 1 amide bonds. The van der Waals surface area contributed by atoms with Gasteiger partial charge in [-0.15, -0.1) is 11.3 Å². The van der Waals surface area contributed by atoms with E-state index >= 15 is 0 Å². The first-order chi connectivity index (χ1) is 15.0. The van der Waals surface area contributed by atoms with Crippen LogP contribution < -0.4 is 9.62 Å². The molecule has 1 aromatic heterocycles. The van der Waals surface area contributed by atoms with Crippen molar-refractivity contribution < 1.29 is 13.2 Å². The van der Waals surface area contributed by atoms with Crippen molar-refractivity contribution in [2.24, 2.45) is 0 Å². The van der Waals surface area contributed by atoms with Gasteiger partial charge in [-0.1, -0.05) is 32.9 Å². The number of nitrogens with one attached hydrogen (secondary N) is 1. The fraction of sp³-hybridized carbons (Fsp3) is 0.240. The molecule has 5 nitrogen and oxygen atoms in total. The molecule has 0 aliphatic carbocycles. The lowest BCUT2D eigenvalue weighted by molar-refractivity contribution is -0.112. The zero-order chi connectivity index (χ0) is 23.3. The van der Waals surface area contributed by atoms with Crippen LogP contribution in [0.2, 0.25) is 0 Å². The molecule has 7 heteroatoms. The maximum atomic E-state index is 13.1. The molecular weight excluding hydrogens is 440 g/mol. The highest BCUT2D eigenvalue weighted by atomic mass is 32.2. The Morgan fingerprint density at radius 3 is 2.28 bits per heavy atom. The number of fused-ring (bicyclic) bond motifs is 1. The van der Waals surface area contributed by atoms with Crippen LogP contribution in [0.25, 0.3) is 11.6 Å². The summed E-state index contributed by atoms with van der Waals surface area (Å²) in [7, 11) is -2.12. The Kier molecular flexibility index (Phi) is 5.51. The number of amides is 1. The summed E-state index contributed by atoms with van der Waals surface area (Å²) in [6.45, 7) is 8.33. The number of nitrogens with zero attached hydrogens (tertiary/aromatic N) is 1. The van der Waals surface area contributed by atoms with Crippen LogP contribution in [0.4, 0.5) is 11.4 Å². The SMILES string of the molecule is Cc1ccc(/C=C2\C(=O)N(C)c3ccc(S(=O)(=O)Nc4ccc(C(C)(C)C)cc4)cc32)s1. The molecule has 0 bridgehead atoms. The summed E-state index contributed by atoms with van der Waals surface area (Å²) >= 11 is 1.59. The van der Waals surface area contributed by atoms with Crippen LogP contribution in [0.15, 0.2) is 59.5 Å². The predicted octanol–water partition coefficient (Wildman–Crippen LogP) is 5.67. The number of likely N-dealkylation sites (N-methyl/N-ethyl adjacent to an activating group) is 1.